The lowest BCUT2D eigenvalue weighted by atomic mass is 10.1. The minimum Gasteiger partial charge on any atom is -0.361 e. The van der Waals surface area contributed by atoms with Gasteiger partial charge < -0.3 is 5.32 Å². The van der Waals surface area contributed by atoms with E-state index in [1.807, 2.05) is 23.6 Å². The first-order chi connectivity index (χ1) is 11.2. The highest BCUT2D eigenvalue weighted by atomic mass is 32.1. The van der Waals surface area contributed by atoms with Gasteiger partial charge in [0, 0.05) is 29.6 Å². The Labute approximate surface area is 137 Å². The summed E-state index contributed by atoms with van der Waals surface area (Å²) in [5, 5.41) is 16.8. The third-order valence-corrected chi connectivity index (χ3v) is 4.21. The smallest absolute Gasteiger partial charge is 0.269 e. The maximum absolute atomic E-state index is 10.7. The summed E-state index contributed by atoms with van der Waals surface area (Å²) in [6.07, 6.45) is 0.938. The summed E-state index contributed by atoms with van der Waals surface area (Å²) in [5.41, 5.74) is 3.08. The number of anilines is 1. The maximum Gasteiger partial charge on any atom is 0.269 e. The molecule has 0 spiro atoms. The molecule has 2 aromatic carbocycles. The van der Waals surface area contributed by atoms with Crippen molar-refractivity contribution in [2.75, 3.05) is 11.9 Å². The van der Waals surface area contributed by atoms with Crippen molar-refractivity contribution in [2.45, 2.75) is 6.42 Å². The van der Waals surface area contributed by atoms with Crippen molar-refractivity contribution in [1.82, 2.24) is 4.98 Å². The molecule has 5 nitrogen and oxygen atoms in total. The summed E-state index contributed by atoms with van der Waals surface area (Å²) in [7, 11) is 0. The standard InChI is InChI=1S/C17H15N3O2S/c21-20(22)15-8-6-14(7-9-15)16-12-23-17(19-16)18-11-10-13-4-2-1-3-5-13/h1-9,12H,10-11H2,(H,18,19). The molecule has 0 aliphatic rings. The Hall–Kier alpha value is -2.73. The van der Waals surface area contributed by atoms with Gasteiger partial charge in [-0.15, -0.1) is 11.3 Å². The SMILES string of the molecule is O=[N+]([O-])c1ccc(-c2csc(NCCc3ccccc3)n2)cc1. The van der Waals surface area contributed by atoms with Crippen molar-refractivity contribution in [3.63, 3.8) is 0 Å². The molecule has 1 heterocycles. The minimum absolute atomic E-state index is 0.0881. The predicted octanol–water partition coefficient (Wildman–Crippen LogP) is 4.37. The third-order valence-electron chi connectivity index (χ3n) is 3.41. The van der Waals surface area contributed by atoms with Crippen molar-refractivity contribution in [1.29, 1.82) is 0 Å². The number of nitro benzene ring substituents is 1. The molecule has 116 valence electrons. The van der Waals surface area contributed by atoms with Gasteiger partial charge in [0.05, 0.1) is 10.6 Å². The lowest BCUT2D eigenvalue weighted by Gasteiger charge is -2.02. The van der Waals surface area contributed by atoms with E-state index >= 15 is 0 Å². The Morgan fingerprint density at radius 1 is 1.09 bits per heavy atom. The molecule has 0 saturated heterocycles. The van der Waals surface area contributed by atoms with Crippen LogP contribution in [-0.4, -0.2) is 16.5 Å². The zero-order valence-electron chi connectivity index (χ0n) is 12.3. The van der Waals surface area contributed by atoms with E-state index in [0.29, 0.717) is 0 Å². The highest BCUT2D eigenvalue weighted by Gasteiger charge is 2.08. The van der Waals surface area contributed by atoms with Crippen LogP contribution >= 0.6 is 11.3 Å². The van der Waals surface area contributed by atoms with E-state index in [0.717, 1.165) is 29.4 Å². The van der Waals surface area contributed by atoms with Crippen LogP contribution in [0.5, 0.6) is 0 Å². The van der Waals surface area contributed by atoms with Gasteiger partial charge in [-0.3, -0.25) is 10.1 Å². The van der Waals surface area contributed by atoms with Gasteiger partial charge in [-0.1, -0.05) is 30.3 Å². The predicted molar refractivity (Wildman–Crippen MR) is 92.8 cm³/mol. The number of benzene rings is 2. The first-order valence-corrected chi connectivity index (χ1v) is 8.08. The van der Waals surface area contributed by atoms with Crippen LogP contribution < -0.4 is 5.32 Å². The van der Waals surface area contributed by atoms with Gasteiger partial charge in [-0.2, -0.15) is 0 Å². The highest BCUT2D eigenvalue weighted by Crippen LogP contribution is 2.26. The molecule has 0 saturated carbocycles. The van der Waals surface area contributed by atoms with Gasteiger partial charge in [0.1, 0.15) is 0 Å². The van der Waals surface area contributed by atoms with Crippen molar-refractivity contribution < 1.29 is 4.92 Å². The topological polar surface area (TPSA) is 68.1 Å². The molecule has 0 amide bonds. The van der Waals surface area contributed by atoms with Gasteiger partial charge in [-0.25, -0.2) is 4.98 Å². The largest absolute Gasteiger partial charge is 0.361 e. The lowest BCUT2D eigenvalue weighted by molar-refractivity contribution is -0.384. The van der Waals surface area contributed by atoms with Gasteiger partial charge in [0.15, 0.2) is 5.13 Å². The Morgan fingerprint density at radius 2 is 1.83 bits per heavy atom. The monoisotopic (exact) mass is 325 g/mol. The highest BCUT2D eigenvalue weighted by molar-refractivity contribution is 7.14. The summed E-state index contributed by atoms with van der Waals surface area (Å²) >= 11 is 1.53. The van der Waals surface area contributed by atoms with Gasteiger partial charge in [0.25, 0.3) is 5.69 Å². The van der Waals surface area contributed by atoms with Crippen LogP contribution in [0.25, 0.3) is 11.3 Å². The maximum atomic E-state index is 10.7. The Morgan fingerprint density at radius 3 is 2.52 bits per heavy atom. The molecule has 0 atom stereocenters. The molecule has 3 rings (SSSR count). The average Bonchev–Trinajstić information content (AvgIpc) is 3.05. The van der Waals surface area contributed by atoms with E-state index < -0.39 is 4.92 Å². The zero-order valence-corrected chi connectivity index (χ0v) is 13.1. The molecule has 0 bridgehead atoms. The van der Waals surface area contributed by atoms with Crippen molar-refractivity contribution in [3.8, 4) is 11.3 Å². The first-order valence-electron chi connectivity index (χ1n) is 7.20. The van der Waals surface area contributed by atoms with E-state index in [1.54, 1.807) is 12.1 Å². The third kappa shape index (κ3) is 3.92. The Balaban J connectivity index is 1.60. The Bertz CT molecular complexity index is 785. The zero-order chi connectivity index (χ0) is 16.1. The van der Waals surface area contributed by atoms with E-state index in [-0.39, 0.29) is 5.69 Å². The van der Waals surface area contributed by atoms with Gasteiger partial charge in [0.2, 0.25) is 0 Å². The number of nitrogens with zero attached hydrogens (tertiary/aromatic N) is 2. The summed E-state index contributed by atoms with van der Waals surface area (Å²) in [5.74, 6) is 0. The number of hydrogen-bond donors (Lipinski definition) is 1. The molecule has 0 aliphatic carbocycles. The molecule has 23 heavy (non-hydrogen) atoms. The van der Waals surface area contributed by atoms with E-state index in [1.165, 1.54) is 29.0 Å². The summed E-state index contributed by atoms with van der Waals surface area (Å²) in [6, 6.07) is 16.7. The molecule has 0 aliphatic heterocycles. The molecule has 0 radical (unpaired) electrons. The molecule has 6 heteroatoms. The summed E-state index contributed by atoms with van der Waals surface area (Å²) in [6.45, 7) is 0.817. The molecule has 0 fully saturated rings. The molecule has 0 unspecified atom stereocenters. The number of thiazole rings is 1. The van der Waals surface area contributed by atoms with Crippen LogP contribution in [0.3, 0.4) is 0 Å². The van der Waals surface area contributed by atoms with E-state index in [4.69, 9.17) is 0 Å². The second kappa shape index (κ2) is 7.02. The normalized spacial score (nSPS) is 10.4. The summed E-state index contributed by atoms with van der Waals surface area (Å²) in [4.78, 5) is 14.8. The fraction of sp³-hybridized carbons (Fsp3) is 0.118. The Kier molecular flexibility index (Phi) is 4.63. The molecule has 1 aromatic heterocycles. The second-order valence-corrected chi connectivity index (χ2v) is 5.86. The van der Waals surface area contributed by atoms with E-state index in [9.17, 15) is 10.1 Å². The lowest BCUT2D eigenvalue weighted by Crippen LogP contribution is -2.04. The van der Waals surface area contributed by atoms with Crippen LogP contribution in [-0.2, 0) is 6.42 Å². The fourth-order valence-corrected chi connectivity index (χ4v) is 2.95. The first kappa shape index (κ1) is 15.2. The van der Waals surface area contributed by atoms with Crippen LogP contribution in [0.2, 0.25) is 0 Å². The van der Waals surface area contributed by atoms with Crippen molar-refractivity contribution in [3.05, 3.63) is 75.7 Å². The second-order valence-electron chi connectivity index (χ2n) is 5.00. The number of non-ortho nitro benzene ring substituents is 1. The fourth-order valence-electron chi connectivity index (χ4n) is 2.20. The number of nitrogens with one attached hydrogen (secondary N) is 1. The van der Waals surface area contributed by atoms with Crippen LogP contribution in [0.4, 0.5) is 10.8 Å². The molecule has 1 N–H and O–H groups in total. The quantitative estimate of drug-likeness (QED) is 0.539. The number of aromatic nitrogens is 1. The number of rotatable bonds is 6. The molecular formula is C17H15N3O2S. The van der Waals surface area contributed by atoms with Gasteiger partial charge >= 0.3 is 0 Å². The van der Waals surface area contributed by atoms with Crippen LogP contribution in [0.1, 0.15) is 5.56 Å². The number of hydrogen-bond acceptors (Lipinski definition) is 5. The van der Waals surface area contributed by atoms with Crippen molar-refractivity contribution in [2.24, 2.45) is 0 Å². The molecule has 3 aromatic rings. The van der Waals surface area contributed by atoms with Crippen LogP contribution in [0.15, 0.2) is 60.0 Å². The van der Waals surface area contributed by atoms with E-state index in [2.05, 4.69) is 22.4 Å². The number of nitro groups is 1. The van der Waals surface area contributed by atoms with Gasteiger partial charge in [-0.05, 0) is 24.1 Å². The molecular weight excluding hydrogens is 310 g/mol. The minimum atomic E-state index is -0.401. The van der Waals surface area contributed by atoms with Crippen LogP contribution in [0, 0.1) is 10.1 Å². The summed E-state index contributed by atoms with van der Waals surface area (Å²) < 4.78 is 0. The van der Waals surface area contributed by atoms with Crippen molar-refractivity contribution >= 4 is 22.2 Å². The average molecular weight is 325 g/mol.